The quantitative estimate of drug-likeness (QED) is 0.427. The third kappa shape index (κ3) is 5.57. The molecule has 0 fully saturated rings. The van der Waals surface area contributed by atoms with E-state index in [-0.39, 0.29) is 5.69 Å². The van der Waals surface area contributed by atoms with E-state index < -0.39 is 4.92 Å². The van der Waals surface area contributed by atoms with Crippen LogP contribution in [0.4, 0.5) is 5.69 Å². The van der Waals surface area contributed by atoms with Gasteiger partial charge in [0.05, 0.1) is 11.5 Å². The zero-order chi connectivity index (χ0) is 15.0. The van der Waals surface area contributed by atoms with Gasteiger partial charge in [0.1, 0.15) is 0 Å². The second-order valence-electron chi connectivity index (χ2n) is 5.29. The lowest BCUT2D eigenvalue weighted by molar-refractivity contribution is -0.385. The van der Waals surface area contributed by atoms with E-state index in [0.717, 1.165) is 24.9 Å². The Balaban J connectivity index is 2.73. The van der Waals surface area contributed by atoms with Gasteiger partial charge in [-0.2, -0.15) is 0 Å². The Hall–Kier alpha value is -1.62. The summed E-state index contributed by atoms with van der Waals surface area (Å²) in [4.78, 5) is 10.6. The molecule has 20 heavy (non-hydrogen) atoms. The Kier molecular flexibility index (Phi) is 7.01. The van der Waals surface area contributed by atoms with E-state index in [1.54, 1.807) is 12.1 Å². The first-order valence-corrected chi connectivity index (χ1v) is 7.15. The lowest BCUT2D eigenvalue weighted by Crippen LogP contribution is -2.19. The highest BCUT2D eigenvalue weighted by molar-refractivity contribution is 5.48. The molecule has 0 aromatic heterocycles. The number of nitro groups is 1. The van der Waals surface area contributed by atoms with Crippen LogP contribution in [-0.2, 0) is 6.54 Å². The van der Waals surface area contributed by atoms with Crippen molar-refractivity contribution in [3.63, 3.8) is 0 Å². The fraction of sp³-hybridized carbons (Fsp3) is 0.600. The summed E-state index contributed by atoms with van der Waals surface area (Å²) in [6.45, 7) is 8.47. The Morgan fingerprint density at radius 3 is 2.75 bits per heavy atom. The van der Waals surface area contributed by atoms with Gasteiger partial charge in [0.2, 0.25) is 0 Å². The second kappa shape index (κ2) is 8.53. The molecule has 0 aliphatic carbocycles. The highest BCUT2D eigenvalue weighted by Crippen LogP contribution is 2.28. The minimum absolute atomic E-state index is 0.0358. The first-order valence-electron chi connectivity index (χ1n) is 7.15. The molecule has 0 radical (unpaired) electrons. The van der Waals surface area contributed by atoms with Gasteiger partial charge in [-0.3, -0.25) is 10.1 Å². The van der Waals surface area contributed by atoms with Gasteiger partial charge in [-0.15, -0.1) is 0 Å². The van der Waals surface area contributed by atoms with Crippen molar-refractivity contribution in [1.29, 1.82) is 0 Å². The van der Waals surface area contributed by atoms with Crippen LogP contribution in [0.1, 0.15) is 39.2 Å². The maximum atomic E-state index is 11.0. The smallest absolute Gasteiger partial charge is 0.310 e. The molecule has 0 spiro atoms. The maximum Gasteiger partial charge on any atom is 0.310 e. The van der Waals surface area contributed by atoms with E-state index in [4.69, 9.17) is 4.74 Å². The molecule has 0 heterocycles. The van der Waals surface area contributed by atoms with E-state index in [2.05, 4.69) is 26.1 Å². The number of unbranched alkanes of at least 4 members (excludes halogenated alkanes) is 1. The minimum atomic E-state index is -0.396. The molecule has 0 aliphatic rings. The molecule has 5 heteroatoms. The molecular weight excluding hydrogens is 256 g/mol. The number of nitrogens with zero attached hydrogens (tertiary/aromatic N) is 1. The Bertz CT molecular complexity index is 433. The first kappa shape index (κ1) is 16.4. The highest BCUT2D eigenvalue weighted by Gasteiger charge is 2.15. The first-order chi connectivity index (χ1) is 9.54. The summed E-state index contributed by atoms with van der Waals surface area (Å²) in [5.74, 6) is 0.945. The standard InChI is InChI=1S/C15H24N2O3/c1-4-5-8-20-15-9-13(11-16-10-12(2)3)6-7-14(15)17(18)19/h6-7,9,12,16H,4-5,8,10-11H2,1-3H3. The number of hydrogen-bond donors (Lipinski definition) is 1. The minimum Gasteiger partial charge on any atom is -0.487 e. The molecule has 0 saturated carbocycles. The molecule has 1 aromatic carbocycles. The number of nitrogens with one attached hydrogen (secondary N) is 1. The van der Waals surface area contributed by atoms with Crippen molar-refractivity contribution in [3.05, 3.63) is 33.9 Å². The number of hydrogen-bond acceptors (Lipinski definition) is 4. The van der Waals surface area contributed by atoms with Crippen LogP contribution in [0.2, 0.25) is 0 Å². The van der Waals surface area contributed by atoms with Crippen molar-refractivity contribution in [2.75, 3.05) is 13.2 Å². The lowest BCUT2D eigenvalue weighted by Gasteiger charge is -2.10. The Morgan fingerprint density at radius 2 is 2.15 bits per heavy atom. The van der Waals surface area contributed by atoms with Crippen molar-refractivity contribution in [3.8, 4) is 5.75 Å². The van der Waals surface area contributed by atoms with E-state index in [9.17, 15) is 10.1 Å². The summed E-state index contributed by atoms with van der Waals surface area (Å²) in [5, 5.41) is 14.3. The summed E-state index contributed by atoms with van der Waals surface area (Å²) in [7, 11) is 0. The maximum absolute atomic E-state index is 11.0. The van der Waals surface area contributed by atoms with Gasteiger partial charge in [-0.25, -0.2) is 0 Å². The van der Waals surface area contributed by atoms with E-state index in [1.165, 1.54) is 6.07 Å². The number of ether oxygens (including phenoxy) is 1. The SMILES string of the molecule is CCCCOc1cc(CNCC(C)C)ccc1[N+](=O)[O-]. The molecule has 1 aromatic rings. The average Bonchev–Trinajstić information content (AvgIpc) is 2.38. The predicted octanol–water partition coefficient (Wildman–Crippen LogP) is 3.52. The zero-order valence-electron chi connectivity index (χ0n) is 12.5. The normalized spacial score (nSPS) is 10.8. The van der Waals surface area contributed by atoms with Crippen molar-refractivity contribution in [2.24, 2.45) is 5.92 Å². The summed E-state index contributed by atoms with van der Waals surface area (Å²) < 4.78 is 5.54. The topological polar surface area (TPSA) is 64.4 Å². The molecule has 0 bridgehead atoms. The van der Waals surface area contributed by atoms with Crippen LogP contribution in [0.15, 0.2) is 18.2 Å². The van der Waals surface area contributed by atoms with Crippen LogP contribution in [0.5, 0.6) is 5.75 Å². The third-order valence-electron chi connectivity index (χ3n) is 2.86. The second-order valence-corrected chi connectivity index (χ2v) is 5.29. The van der Waals surface area contributed by atoms with E-state index >= 15 is 0 Å². The predicted molar refractivity (Wildman–Crippen MR) is 80.0 cm³/mol. The average molecular weight is 280 g/mol. The fourth-order valence-corrected chi connectivity index (χ4v) is 1.77. The van der Waals surface area contributed by atoms with Crippen LogP contribution in [0.25, 0.3) is 0 Å². The molecule has 1 rings (SSSR count). The largest absolute Gasteiger partial charge is 0.487 e. The number of nitro benzene ring substituents is 1. The van der Waals surface area contributed by atoms with Gasteiger partial charge in [-0.05, 0) is 30.5 Å². The van der Waals surface area contributed by atoms with Crippen molar-refractivity contribution < 1.29 is 9.66 Å². The summed E-state index contributed by atoms with van der Waals surface area (Å²) in [5.41, 5.74) is 1.04. The van der Waals surface area contributed by atoms with E-state index in [1.807, 2.05) is 0 Å². The van der Waals surface area contributed by atoms with Crippen molar-refractivity contribution in [1.82, 2.24) is 5.32 Å². The van der Waals surface area contributed by atoms with Gasteiger partial charge in [0.25, 0.3) is 0 Å². The molecule has 0 saturated heterocycles. The van der Waals surface area contributed by atoms with Gasteiger partial charge < -0.3 is 10.1 Å². The molecule has 5 nitrogen and oxygen atoms in total. The summed E-state index contributed by atoms with van der Waals surface area (Å²) in [6, 6.07) is 5.06. The number of benzene rings is 1. The van der Waals surface area contributed by atoms with E-state index in [0.29, 0.717) is 24.8 Å². The monoisotopic (exact) mass is 280 g/mol. The molecule has 0 unspecified atom stereocenters. The van der Waals surface area contributed by atoms with Crippen molar-refractivity contribution in [2.45, 2.75) is 40.2 Å². The zero-order valence-corrected chi connectivity index (χ0v) is 12.5. The van der Waals surface area contributed by atoms with Gasteiger partial charge in [0.15, 0.2) is 5.75 Å². The van der Waals surface area contributed by atoms with Gasteiger partial charge in [-0.1, -0.05) is 33.3 Å². The highest BCUT2D eigenvalue weighted by atomic mass is 16.6. The fourth-order valence-electron chi connectivity index (χ4n) is 1.77. The Labute approximate surface area is 120 Å². The molecule has 0 aliphatic heterocycles. The summed E-state index contributed by atoms with van der Waals surface area (Å²) >= 11 is 0. The summed E-state index contributed by atoms with van der Waals surface area (Å²) in [6.07, 6.45) is 1.90. The molecule has 0 atom stereocenters. The van der Waals surface area contributed by atoms with Crippen LogP contribution < -0.4 is 10.1 Å². The van der Waals surface area contributed by atoms with Gasteiger partial charge >= 0.3 is 5.69 Å². The molecule has 1 N–H and O–H groups in total. The molecular formula is C15H24N2O3. The van der Waals surface area contributed by atoms with Crippen LogP contribution >= 0.6 is 0 Å². The van der Waals surface area contributed by atoms with Crippen LogP contribution in [-0.4, -0.2) is 18.1 Å². The van der Waals surface area contributed by atoms with Crippen LogP contribution in [0.3, 0.4) is 0 Å². The number of rotatable bonds is 9. The molecule has 112 valence electrons. The third-order valence-corrected chi connectivity index (χ3v) is 2.86. The Morgan fingerprint density at radius 1 is 1.40 bits per heavy atom. The lowest BCUT2D eigenvalue weighted by atomic mass is 10.1. The molecule has 0 amide bonds. The van der Waals surface area contributed by atoms with Crippen LogP contribution in [0, 0.1) is 16.0 Å². The van der Waals surface area contributed by atoms with Gasteiger partial charge in [0, 0.05) is 12.6 Å². The van der Waals surface area contributed by atoms with Crippen molar-refractivity contribution >= 4 is 5.69 Å².